The molecule has 3 nitrogen and oxygen atoms in total. The highest BCUT2D eigenvalue weighted by Crippen LogP contribution is 2.44. The molecule has 190 valence electrons. The lowest BCUT2D eigenvalue weighted by atomic mass is 9.99. The van der Waals surface area contributed by atoms with Crippen LogP contribution in [0.25, 0.3) is 34.3 Å². The number of hydrogen-bond acceptors (Lipinski definition) is 3. The number of aryl methyl sites for hydroxylation is 1. The van der Waals surface area contributed by atoms with E-state index in [0.717, 1.165) is 11.1 Å². The van der Waals surface area contributed by atoms with Crippen LogP contribution in [0.1, 0.15) is 27.9 Å². The Labute approximate surface area is 217 Å². The second kappa shape index (κ2) is 10.5. The summed E-state index contributed by atoms with van der Waals surface area (Å²) in [6.45, 7) is 1.67. The molecule has 5 rings (SSSR count). The first-order valence-electron chi connectivity index (χ1n) is 11.9. The quantitative estimate of drug-likeness (QED) is 0.168. The van der Waals surface area contributed by atoms with Crippen LogP contribution in [0.4, 0.5) is 17.6 Å². The monoisotopic (exact) mass is 514 g/mol. The van der Waals surface area contributed by atoms with Gasteiger partial charge in [-0.25, -0.2) is 4.98 Å². The summed E-state index contributed by atoms with van der Waals surface area (Å²) in [7, 11) is 0. The summed E-state index contributed by atoms with van der Waals surface area (Å²) in [5, 5.41) is -0.000771. The Morgan fingerprint density at radius 3 is 2.03 bits per heavy atom. The Balaban J connectivity index is 1.83. The number of hydrogen-bond donors (Lipinski definition) is 0. The van der Waals surface area contributed by atoms with Crippen molar-refractivity contribution in [2.24, 2.45) is 0 Å². The molecule has 7 heteroatoms. The molecule has 0 bridgehead atoms. The van der Waals surface area contributed by atoms with E-state index in [1.54, 1.807) is 43.3 Å². The molecule has 0 unspecified atom stereocenters. The first-order chi connectivity index (χ1) is 18.3. The van der Waals surface area contributed by atoms with Crippen molar-refractivity contribution >= 4 is 23.1 Å². The van der Waals surface area contributed by atoms with Gasteiger partial charge < -0.3 is 4.74 Å². The van der Waals surface area contributed by atoms with Crippen LogP contribution in [0, 0.1) is 12.9 Å². The predicted octanol–water partition coefficient (Wildman–Crippen LogP) is 8.51. The van der Waals surface area contributed by atoms with Crippen molar-refractivity contribution in [3.05, 3.63) is 125 Å². The van der Waals surface area contributed by atoms with E-state index in [1.807, 2.05) is 66.7 Å². The van der Waals surface area contributed by atoms with E-state index in [-0.39, 0.29) is 29.1 Å². The van der Waals surface area contributed by atoms with E-state index in [9.17, 15) is 13.2 Å². The second-order valence-corrected chi connectivity index (χ2v) is 8.67. The molecular formula is C31H22F4N2O. The lowest BCUT2D eigenvalue weighted by Gasteiger charge is -2.20. The van der Waals surface area contributed by atoms with Crippen LogP contribution in [0.15, 0.2) is 91.0 Å². The molecule has 2 heterocycles. The minimum Gasteiger partial charge on any atom is -0.487 e. The third kappa shape index (κ3) is 5.13. The summed E-state index contributed by atoms with van der Waals surface area (Å²) in [5.41, 5.74) is 0.867. The van der Waals surface area contributed by atoms with Gasteiger partial charge >= 0.3 is 6.18 Å². The Morgan fingerprint density at radius 2 is 1.39 bits per heavy atom. The molecule has 2 aromatic heterocycles. The highest BCUT2D eigenvalue weighted by Gasteiger charge is 2.40. The van der Waals surface area contributed by atoms with E-state index >= 15 is 4.39 Å². The fourth-order valence-electron chi connectivity index (χ4n) is 4.27. The fraction of sp³-hybridized carbons (Fsp3) is 0.0968. The van der Waals surface area contributed by atoms with Crippen LogP contribution >= 0.6 is 0 Å². The van der Waals surface area contributed by atoms with Crippen LogP contribution in [-0.4, -0.2) is 9.97 Å². The van der Waals surface area contributed by atoms with E-state index in [1.165, 1.54) is 0 Å². The first-order valence-corrected chi connectivity index (χ1v) is 11.9. The molecule has 0 spiro atoms. The number of halogens is 4. The third-order valence-corrected chi connectivity index (χ3v) is 6.07. The van der Waals surface area contributed by atoms with Gasteiger partial charge in [0.25, 0.3) is 0 Å². The molecule has 0 fully saturated rings. The number of fused-ring (bicyclic) bond motifs is 1. The zero-order chi connectivity index (χ0) is 26.7. The van der Waals surface area contributed by atoms with Gasteiger partial charge in [-0.2, -0.15) is 17.6 Å². The van der Waals surface area contributed by atoms with E-state index in [2.05, 4.69) is 9.97 Å². The van der Waals surface area contributed by atoms with Crippen molar-refractivity contribution in [1.82, 2.24) is 9.97 Å². The van der Waals surface area contributed by atoms with Crippen molar-refractivity contribution in [1.29, 1.82) is 0 Å². The first kappa shape index (κ1) is 25.1. The van der Waals surface area contributed by atoms with Gasteiger partial charge in [0, 0.05) is 16.8 Å². The Morgan fingerprint density at radius 1 is 0.789 bits per heavy atom. The fourth-order valence-corrected chi connectivity index (χ4v) is 4.27. The largest absolute Gasteiger partial charge is 0.487 e. The number of ether oxygens (including phenoxy) is 1. The van der Waals surface area contributed by atoms with Gasteiger partial charge in [0.2, 0.25) is 5.95 Å². The average Bonchev–Trinajstić information content (AvgIpc) is 2.91. The lowest BCUT2D eigenvalue weighted by molar-refractivity contribution is -0.139. The SMILES string of the molecule is Cc1nc2c(C(F)(F)F)c(F)nc(-c3ccccc3)c2c(OCc2ccccc2)c1/C=C/c1ccccc1. The molecule has 38 heavy (non-hydrogen) atoms. The van der Waals surface area contributed by atoms with Gasteiger partial charge in [-0.1, -0.05) is 97.1 Å². The highest BCUT2D eigenvalue weighted by molar-refractivity contribution is 6.01. The summed E-state index contributed by atoms with van der Waals surface area (Å²) in [5.74, 6) is -1.47. The Hall–Kier alpha value is -4.52. The molecule has 0 aliphatic heterocycles. The smallest absolute Gasteiger partial charge is 0.422 e. The highest BCUT2D eigenvalue weighted by atomic mass is 19.4. The maximum Gasteiger partial charge on any atom is 0.422 e. The molecule has 0 saturated heterocycles. The van der Waals surface area contributed by atoms with Gasteiger partial charge in [0.1, 0.15) is 17.9 Å². The van der Waals surface area contributed by atoms with Crippen LogP contribution in [-0.2, 0) is 12.8 Å². The minimum atomic E-state index is -5.01. The van der Waals surface area contributed by atoms with Crippen molar-refractivity contribution in [2.75, 3.05) is 0 Å². The summed E-state index contributed by atoms with van der Waals surface area (Å²) in [4.78, 5) is 8.10. The van der Waals surface area contributed by atoms with E-state index in [4.69, 9.17) is 4.74 Å². The molecule has 0 aliphatic carbocycles. The summed E-state index contributed by atoms with van der Waals surface area (Å²) < 4.78 is 63.6. The number of nitrogens with zero attached hydrogens (tertiary/aromatic N) is 2. The molecule has 0 radical (unpaired) electrons. The molecule has 5 aromatic rings. The van der Waals surface area contributed by atoms with Gasteiger partial charge in [-0.3, -0.25) is 4.98 Å². The van der Waals surface area contributed by atoms with Crippen LogP contribution < -0.4 is 4.74 Å². The predicted molar refractivity (Wildman–Crippen MR) is 141 cm³/mol. The maximum absolute atomic E-state index is 15.0. The van der Waals surface area contributed by atoms with Crippen molar-refractivity contribution in [3.8, 4) is 17.0 Å². The van der Waals surface area contributed by atoms with Gasteiger partial charge in [0.05, 0.1) is 16.6 Å². The Bertz CT molecular complexity index is 1600. The maximum atomic E-state index is 15.0. The topological polar surface area (TPSA) is 35.0 Å². The van der Waals surface area contributed by atoms with Crippen LogP contribution in [0.3, 0.4) is 0 Å². The van der Waals surface area contributed by atoms with Crippen molar-refractivity contribution < 1.29 is 22.3 Å². The second-order valence-electron chi connectivity index (χ2n) is 8.67. The molecular weight excluding hydrogens is 492 g/mol. The van der Waals surface area contributed by atoms with Crippen LogP contribution in [0.5, 0.6) is 5.75 Å². The standard InChI is InChI=1S/C31H22F4N2O/c1-20-24(18-17-21-11-5-2-6-12-21)29(38-19-22-13-7-3-8-14-22)25-27(23-15-9-4-10-16-23)37-30(32)26(28(25)36-20)31(33,34)35/h2-18H,19H2,1H3/b18-17+. The molecule has 0 amide bonds. The van der Waals surface area contributed by atoms with Crippen LogP contribution in [0.2, 0.25) is 0 Å². The van der Waals surface area contributed by atoms with Gasteiger partial charge in [0.15, 0.2) is 0 Å². The Kier molecular flexibility index (Phi) is 6.92. The molecule has 0 saturated carbocycles. The summed E-state index contributed by atoms with van der Waals surface area (Å²) in [6.07, 6.45) is -1.43. The van der Waals surface area contributed by atoms with E-state index < -0.39 is 23.2 Å². The average molecular weight is 515 g/mol. The zero-order valence-corrected chi connectivity index (χ0v) is 20.3. The van der Waals surface area contributed by atoms with E-state index in [0.29, 0.717) is 11.1 Å². The molecule has 0 atom stereocenters. The molecule has 0 aliphatic rings. The van der Waals surface area contributed by atoms with Crippen molar-refractivity contribution in [3.63, 3.8) is 0 Å². The minimum absolute atomic E-state index is 0.000771. The summed E-state index contributed by atoms with van der Waals surface area (Å²) >= 11 is 0. The zero-order valence-electron chi connectivity index (χ0n) is 20.3. The normalized spacial score (nSPS) is 11.8. The number of alkyl halides is 3. The van der Waals surface area contributed by atoms with Gasteiger partial charge in [-0.15, -0.1) is 0 Å². The molecule has 0 N–H and O–H groups in total. The number of pyridine rings is 2. The molecule has 3 aromatic carbocycles. The number of benzene rings is 3. The van der Waals surface area contributed by atoms with Crippen molar-refractivity contribution in [2.45, 2.75) is 19.7 Å². The van der Waals surface area contributed by atoms with Gasteiger partial charge in [-0.05, 0) is 24.1 Å². The third-order valence-electron chi connectivity index (χ3n) is 6.07. The number of aromatic nitrogens is 2. The summed E-state index contributed by atoms with van der Waals surface area (Å²) in [6, 6.07) is 27.2. The number of rotatable bonds is 6. The lowest BCUT2D eigenvalue weighted by Crippen LogP contribution is -2.14.